The van der Waals surface area contributed by atoms with Crippen molar-refractivity contribution in [1.29, 1.82) is 0 Å². The van der Waals surface area contributed by atoms with Crippen molar-refractivity contribution in [1.82, 2.24) is 10.2 Å². The van der Waals surface area contributed by atoms with E-state index in [9.17, 15) is 4.79 Å². The summed E-state index contributed by atoms with van der Waals surface area (Å²) in [7, 11) is 0. The van der Waals surface area contributed by atoms with E-state index in [1.165, 1.54) is 0 Å². The van der Waals surface area contributed by atoms with Crippen LogP contribution in [0.5, 0.6) is 0 Å². The largest absolute Gasteiger partial charge is 0.411 e. The lowest BCUT2D eigenvalue weighted by Crippen LogP contribution is -2.15. The van der Waals surface area contributed by atoms with Crippen LogP contribution in [0, 0.1) is 13.8 Å². The maximum atomic E-state index is 12.3. The molecule has 2 aromatic rings. The number of aromatic nitrogens is 2. The molecule has 0 saturated heterocycles. The van der Waals surface area contributed by atoms with Crippen molar-refractivity contribution < 1.29 is 10.0 Å². The molecule has 0 aliphatic carbocycles. The van der Waals surface area contributed by atoms with Crippen LogP contribution in [-0.2, 0) is 0 Å². The number of aryl methyl sites for hydroxylation is 2. The Kier molecular flexibility index (Phi) is 4.27. The molecule has 21 heavy (non-hydrogen) atoms. The number of hydrogen-bond acceptors (Lipinski definition) is 5. The quantitative estimate of drug-likeness (QED) is 0.515. The summed E-state index contributed by atoms with van der Waals surface area (Å²) in [6.45, 7) is 5.20. The minimum Gasteiger partial charge on any atom is -0.411 e. The van der Waals surface area contributed by atoms with Crippen LogP contribution in [0.1, 0.15) is 34.2 Å². The van der Waals surface area contributed by atoms with Crippen LogP contribution in [0.15, 0.2) is 35.5 Å². The summed E-state index contributed by atoms with van der Waals surface area (Å²) in [4.78, 5) is 12.3. The molecule has 1 heterocycles. The number of benzene rings is 1. The fraction of sp³-hybridized carbons (Fsp3) is 0.200. The van der Waals surface area contributed by atoms with Crippen molar-refractivity contribution >= 4 is 17.3 Å². The van der Waals surface area contributed by atoms with Gasteiger partial charge in [0.15, 0.2) is 0 Å². The molecule has 2 N–H and O–H groups in total. The molecule has 0 aliphatic rings. The number of amides is 1. The van der Waals surface area contributed by atoms with E-state index in [2.05, 4.69) is 20.7 Å². The number of nitrogens with zero attached hydrogens (tertiary/aromatic N) is 3. The van der Waals surface area contributed by atoms with Gasteiger partial charge < -0.3 is 10.5 Å². The zero-order valence-electron chi connectivity index (χ0n) is 12.1. The van der Waals surface area contributed by atoms with E-state index in [1.54, 1.807) is 51.1 Å². The summed E-state index contributed by atoms with van der Waals surface area (Å²) >= 11 is 0. The van der Waals surface area contributed by atoms with Crippen LogP contribution in [0.3, 0.4) is 0 Å². The lowest BCUT2D eigenvalue weighted by Gasteiger charge is -2.08. The molecular formula is C15H16N4O2. The van der Waals surface area contributed by atoms with E-state index >= 15 is 0 Å². The van der Waals surface area contributed by atoms with Crippen LogP contribution in [0.2, 0.25) is 0 Å². The second kappa shape index (κ2) is 6.13. The van der Waals surface area contributed by atoms with Crippen LogP contribution >= 0.6 is 0 Å². The summed E-state index contributed by atoms with van der Waals surface area (Å²) in [5.41, 5.74) is 3.57. The second-order valence-corrected chi connectivity index (χ2v) is 4.71. The molecule has 6 nitrogen and oxygen atoms in total. The van der Waals surface area contributed by atoms with Crippen LogP contribution in [0.25, 0.3) is 0 Å². The highest BCUT2D eigenvalue weighted by Gasteiger charge is 2.11. The number of carbonyl (C=O) groups is 1. The monoisotopic (exact) mass is 284 g/mol. The standard InChI is InChI=1S/C15H16N4O2/c1-9-7-14(11(3)18-17-9)15(20)16-13-6-4-5-12(8-13)10(2)19-21/h4-8,21H,1-3H3,(H,16,20)/b19-10-. The molecule has 0 bridgehead atoms. The summed E-state index contributed by atoms with van der Waals surface area (Å²) in [5.74, 6) is -0.249. The van der Waals surface area contributed by atoms with Gasteiger partial charge in [0.25, 0.3) is 5.91 Å². The molecular weight excluding hydrogens is 268 g/mol. The third kappa shape index (κ3) is 3.42. The highest BCUT2D eigenvalue weighted by molar-refractivity contribution is 6.06. The Balaban J connectivity index is 2.26. The van der Waals surface area contributed by atoms with E-state index < -0.39 is 0 Å². The molecule has 0 atom stereocenters. The Bertz CT molecular complexity index is 711. The minimum atomic E-state index is -0.249. The fourth-order valence-electron chi connectivity index (χ4n) is 1.86. The number of carbonyl (C=O) groups excluding carboxylic acids is 1. The van der Waals surface area contributed by atoms with Gasteiger partial charge in [-0.05, 0) is 39.0 Å². The van der Waals surface area contributed by atoms with Gasteiger partial charge in [0.1, 0.15) is 0 Å². The first-order valence-corrected chi connectivity index (χ1v) is 6.42. The summed E-state index contributed by atoms with van der Waals surface area (Å²) < 4.78 is 0. The highest BCUT2D eigenvalue weighted by atomic mass is 16.4. The van der Waals surface area contributed by atoms with Gasteiger partial charge in [0.05, 0.1) is 22.7 Å². The van der Waals surface area contributed by atoms with Gasteiger partial charge in [-0.3, -0.25) is 4.79 Å². The van der Waals surface area contributed by atoms with Crippen molar-refractivity contribution in [2.75, 3.05) is 5.32 Å². The Morgan fingerprint density at radius 3 is 2.71 bits per heavy atom. The molecule has 6 heteroatoms. The number of oxime groups is 1. The molecule has 2 rings (SSSR count). The number of rotatable bonds is 3. The van der Waals surface area contributed by atoms with Crippen molar-refractivity contribution in [3.05, 3.63) is 52.8 Å². The van der Waals surface area contributed by atoms with E-state index in [-0.39, 0.29) is 5.91 Å². The van der Waals surface area contributed by atoms with Crippen molar-refractivity contribution in [2.45, 2.75) is 20.8 Å². The molecule has 1 aromatic heterocycles. The van der Waals surface area contributed by atoms with E-state index in [1.807, 2.05) is 0 Å². The zero-order chi connectivity index (χ0) is 15.4. The Morgan fingerprint density at radius 1 is 1.24 bits per heavy atom. The predicted octanol–water partition coefficient (Wildman–Crippen LogP) is 2.54. The van der Waals surface area contributed by atoms with Gasteiger partial charge in [-0.15, -0.1) is 0 Å². The van der Waals surface area contributed by atoms with Crippen molar-refractivity contribution in [3.8, 4) is 0 Å². The van der Waals surface area contributed by atoms with Gasteiger partial charge in [-0.1, -0.05) is 17.3 Å². The third-order valence-corrected chi connectivity index (χ3v) is 3.03. The fourth-order valence-corrected chi connectivity index (χ4v) is 1.86. The third-order valence-electron chi connectivity index (χ3n) is 3.03. The Morgan fingerprint density at radius 2 is 2.00 bits per heavy atom. The number of nitrogens with one attached hydrogen (secondary N) is 1. The molecule has 108 valence electrons. The normalized spacial score (nSPS) is 11.3. The summed E-state index contributed by atoms with van der Waals surface area (Å²) in [6.07, 6.45) is 0. The van der Waals surface area contributed by atoms with Gasteiger partial charge in [0.2, 0.25) is 0 Å². The molecule has 0 spiro atoms. The molecule has 0 unspecified atom stereocenters. The molecule has 0 aliphatic heterocycles. The summed E-state index contributed by atoms with van der Waals surface area (Å²) in [6, 6.07) is 8.78. The topological polar surface area (TPSA) is 87.5 Å². The molecule has 0 fully saturated rings. The Hall–Kier alpha value is -2.76. The SMILES string of the molecule is C/C(=N/O)c1cccc(NC(=O)c2cc(C)nnc2C)c1. The smallest absolute Gasteiger partial charge is 0.257 e. The number of anilines is 1. The van der Waals surface area contributed by atoms with Crippen LogP contribution < -0.4 is 5.32 Å². The number of hydrogen-bond donors (Lipinski definition) is 2. The van der Waals surface area contributed by atoms with Crippen molar-refractivity contribution in [3.63, 3.8) is 0 Å². The maximum absolute atomic E-state index is 12.3. The zero-order valence-corrected chi connectivity index (χ0v) is 12.1. The van der Waals surface area contributed by atoms with E-state index in [0.717, 1.165) is 5.56 Å². The van der Waals surface area contributed by atoms with E-state index in [0.29, 0.717) is 28.4 Å². The molecule has 1 aromatic carbocycles. The predicted molar refractivity (Wildman–Crippen MR) is 79.9 cm³/mol. The Labute approximate surface area is 122 Å². The molecule has 0 radical (unpaired) electrons. The van der Waals surface area contributed by atoms with Crippen LogP contribution in [-0.4, -0.2) is 27.0 Å². The van der Waals surface area contributed by atoms with Gasteiger partial charge in [0, 0.05) is 11.3 Å². The van der Waals surface area contributed by atoms with Gasteiger partial charge in [-0.25, -0.2) is 0 Å². The van der Waals surface area contributed by atoms with Gasteiger partial charge >= 0.3 is 0 Å². The first-order chi connectivity index (χ1) is 10.0. The lowest BCUT2D eigenvalue weighted by atomic mass is 10.1. The minimum absolute atomic E-state index is 0.249. The van der Waals surface area contributed by atoms with Crippen LogP contribution in [0.4, 0.5) is 5.69 Å². The average molecular weight is 284 g/mol. The van der Waals surface area contributed by atoms with E-state index in [4.69, 9.17) is 5.21 Å². The first-order valence-electron chi connectivity index (χ1n) is 6.42. The lowest BCUT2D eigenvalue weighted by molar-refractivity contribution is 0.102. The van der Waals surface area contributed by atoms with Gasteiger partial charge in [-0.2, -0.15) is 10.2 Å². The summed E-state index contributed by atoms with van der Waals surface area (Å²) in [5, 5.41) is 22.6. The second-order valence-electron chi connectivity index (χ2n) is 4.71. The molecule has 0 saturated carbocycles. The average Bonchev–Trinajstić information content (AvgIpc) is 2.49. The van der Waals surface area contributed by atoms with Crippen molar-refractivity contribution in [2.24, 2.45) is 5.16 Å². The first kappa shape index (κ1) is 14.6. The molecule has 1 amide bonds. The maximum Gasteiger partial charge on any atom is 0.257 e. The highest BCUT2D eigenvalue weighted by Crippen LogP contribution is 2.14.